The fraction of sp³-hybridized carbons (Fsp3) is 0.632. The second-order valence-electron chi connectivity index (χ2n) is 7.26. The number of H-pyrrole nitrogens is 1. The summed E-state index contributed by atoms with van der Waals surface area (Å²) in [6.07, 6.45) is 6.07. The molecule has 2 fully saturated rings. The van der Waals surface area contributed by atoms with Gasteiger partial charge >= 0.3 is 0 Å². The molecule has 1 aromatic rings. The van der Waals surface area contributed by atoms with Crippen LogP contribution in [-0.4, -0.2) is 52.9 Å². The third-order valence-corrected chi connectivity index (χ3v) is 5.92. The molecule has 1 N–H and O–H groups in total. The lowest BCUT2D eigenvalue weighted by Crippen LogP contribution is -2.45. The van der Waals surface area contributed by atoms with Crippen LogP contribution in [0, 0.1) is 24.2 Å². The summed E-state index contributed by atoms with van der Waals surface area (Å²) in [6.45, 7) is 7.87. The summed E-state index contributed by atoms with van der Waals surface area (Å²) in [7, 11) is 0. The Hall–Kier alpha value is -2.13. The SMILES string of the molecule is Cc1c(C(=O)N2CCC([C@@H](C)N3CCCC3)CC2)c[nH]c(=O)c1C#N. The van der Waals surface area contributed by atoms with Gasteiger partial charge in [0, 0.05) is 25.3 Å². The van der Waals surface area contributed by atoms with Gasteiger partial charge in [-0.1, -0.05) is 0 Å². The molecule has 6 heteroatoms. The fourth-order valence-corrected chi connectivity index (χ4v) is 4.18. The summed E-state index contributed by atoms with van der Waals surface area (Å²) in [5, 5.41) is 9.12. The lowest BCUT2D eigenvalue weighted by atomic mass is 9.89. The Bertz CT molecular complexity index is 735. The highest BCUT2D eigenvalue weighted by Gasteiger charge is 2.31. The highest BCUT2D eigenvalue weighted by molar-refractivity contribution is 5.95. The number of hydrogen-bond acceptors (Lipinski definition) is 4. The average Bonchev–Trinajstić information content (AvgIpc) is 3.16. The van der Waals surface area contributed by atoms with Gasteiger partial charge in [0.1, 0.15) is 11.6 Å². The number of likely N-dealkylation sites (tertiary alicyclic amines) is 2. The van der Waals surface area contributed by atoms with Gasteiger partial charge in [0.2, 0.25) is 0 Å². The molecule has 0 saturated carbocycles. The van der Waals surface area contributed by atoms with Crippen molar-refractivity contribution < 1.29 is 4.79 Å². The van der Waals surface area contributed by atoms with E-state index in [-0.39, 0.29) is 11.5 Å². The van der Waals surface area contributed by atoms with E-state index in [0.29, 0.717) is 23.1 Å². The highest BCUT2D eigenvalue weighted by atomic mass is 16.2. The normalized spacial score (nSPS) is 20.4. The highest BCUT2D eigenvalue weighted by Crippen LogP contribution is 2.27. The molecule has 2 aliphatic heterocycles. The van der Waals surface area contributed by atoms with Crippen molar-refractivity contribution in [1.82, 2.24) is 14.8 Å². The molecule has 3 rings (SSSR count). The van der Waals surface area contributed by atoms with E-state index in [1.807, 2.05) is 11.0 Å². The van der Waals surface area contributed by atoms with Crippen molar-refractivity contribution in [2.24, 2.45) is 5.92 Å². The molecular formula is C19H26N4O2. The number of carbonyl (C=O) groups excluding carboxylic acids is 1. The molecule has 1 amide bonds. The van der Waals surface area contributed by atoms with E-state index in [9.17, 15) is 9.59 Å². The quantitative estimate of drug-likeness (QED) is 0.910. The first-order valence-corrected chi connectivity index (χ1v) is 9.18. The number of pyridine rings is 1. The lowest BCUT2D eigenvalue weighted by molar-refractivity contribution is 0.0623. The largest absolute Gasteiger partial charge is 0.339 e. The van der Waals surface area contributed by atoms with Crippen molar-refractivity contribution in [3.63, 3.8) is 0 Å². The van der Waals surface area contributed by atoms with E-state index < -0.39 is 5.56 Å². The fourth-order valence-electron chi connectivity index (χ4n) is 4.18. The minimum Gasteiger partial charge on any atom is -0.339 e. The molecule has 1 aromatic heterocycles. The van der Waals surface area contributed by atoms with E-state index >= 15 is 0 Å². The van der Waals surface area contributed by atoms with Crippen molar-refractivity contribution in [2.45, 2.75) is 45.6 Å². The number of nitrogens with one attached hydrogen (secondary N) is 1. The molecule has 0 radical (unpaired) electrons. The number of rotatable bonds is 3. The Morgan fingerprint density at radius 1 is 1.28 bits per heavy atom. The molecule has 1 atom stereocenters. The maximum absolute atomic E-state index is 12.8. The molecule has 3 heterocycles. The Morgan fingerprint density at radius 2 is 1.92 bits per heavy atom. The van der Waals surface area contributed by atoms with Gasteiger partial charge in [-0.2, -0.15) is 5.26 Å². The van der Waals surface area contributed by atoms with E-state index in [1.54, 1.807) is 6.92 Å². The standard InChI is InChI=1S/C19H26N4O2/c1-13-16(11-20)18(24)21-12-17(13)19(25)23-9-5-15(6-10-23)14(2)22-7-3-4-8-22/h12,14-15H,3-10H2,1-2H3,(H,21,24)/t14-/m1/s1. The number of nitriles is 1. The number of aromatic amines is 1. The summed E-state index contributed by atoms with van der Waals surface area (Å²) in [6, 6.07) is 2.48. The van der Waals surface area contributed by atoms with Crippen LogP contribution in [0.25, 0.3) is 0 Å². The summed E-state index contributed by atoms with van der Waals surface area (Å²) >= 11 is 0. The van der Waals surface area contributed by atoms with Gasteiger partial charge in [-0.3, -0.25) is 9.59 Å². The zero-order valence-electron chi connectivity index (χ0n) is 15.0. The maximum Gasteiger partial charge on any atom is 0.266 e. The lowest BCUT2D eigenvalue weighted by Gasteiger charge is -2.38. The maximum atomic E-state index is 12.8. The second-order valence-corrected chi connectivity index (χ2v) is 7.26. The first-order chi connectivity index (χ1) is 12.0. The van der Waals surface area contributed by atoms with E-state index in [4.69, 9.17) is 5.26 Å². The number of hydrogen-bond donors (Lipinski definition) is 1. The summed E-state index contributed by atoms with van der Waals surface area (Å²) in [4.78, 5) is 31.4. The first-order valence-electron chi connectivity index (χ1n) is 9.18. The summed E-state index contributed by atoms with van der Waals surface area (Å²) in [5.41, 5.74) is 0.504. The number of piperidine rings is 1. The molecule has 2 saturated heterocycles. The monoisotopic (exact) mass is 342 g/mol. The molecule has 0 bridgehead atoms. The predicted molar refractivity (Wildman–Crippen MR) is 95.4 cm³/mol. The van der Waals surface area contributed by atoms with Gasteiger partial charge in [-0.15, -0.1) is 0 Å². The van der Waals surface area contributed by atoms with Crippen molar-refractivity contribution in [2.75, 3.05) is 26.2 Å². The third-order valence-electron chi connectivity index (χ3n) is 5.92. The predicted octanol–water partition coefficient (Wildman–Crippen LogP) is 1.89. The van der Waals surface area contributed by atoms with Gasteiger partial charge in [-0.25, -0.2) is 0 Å². The van der Waals surface area contributed by atoms with Crippen LogP contribution in [0.15, 0.2) is 11.0 Å². The van der Waals surface area contributed by atoms with Crippen LogP contribution in [0.2, 0.25) is 0 Å². The van der Waals surface area contributed by atoms with Crippen molar-refractivity contribution in [1.29, 1.82) is 5.26 Å². The zero-order valence-corrected chi connectivity index (χ0v) is 15.0. The first kappa shape index (κ1) is 17.7. The Labute approximate surface area is 148 Å². The molecule has 0 unspecified atom stereocenters. The van der Waals surface area contributed by atoms with Gasteiger partial charge < -0.3 is 14.8 Å². The third kappa shape index (κ3) is 3.47. The molecule has 134 valence electrons. The summed E-state index contributed by atoms with van der Waals surface area (Å²) in [5.74, 6) is 0.547. The van der Waals surface area contributed by atoms with Crippen LogP contribution in [-0.2, 0) is 0 Å². The van der Waals surface area contributed by atoms with Crippen LogP contribution in [0.3, 0.4) is 0 Å². The average molecular weight is 342 g/mol. The minimum absolute atomic E-state index is 0.0309. The van der Waals surface area contributed by atoms with Crippen molar-refractivity contribution in [3.05, 3.63) is 33.2 Å². The van der Waals surface area contributed by atoms with Crippen LogP contribution in [0.1, 0.15) is 54.1 Å². The van der Waals surface area contributed by atoms with Gasteiger partial charge in [0.25, 0.3) is 11.5 Å². The smallest absolute Gasteiger partial charge is 0.266 e. The topological polar surface area (TPSA) is 80.2 Å². The zero-order chi connectivity index (χ0) is 18.0. The van der Waals surface area contributed by atoms with Crippen molar-refractivity contribution >= 4 is 5.91 Å². The van der Waals surface area contributed by atoms with Gasteiger partial charge in [0.15, 0.2) is 0 Å². The number of nitrogens with zero attached hydrogens (tertiary/aromatic N) is 3. The molecule has 0 aromatic carbocycles. The molecule has 2 aliphatic rings. The van der Waals surface area contributed by atoms with Crippen LogP contribution in [0.5, 0.6) is 0 Å². The Kier molecular flexibility index (Phi) is 5.24. The molecule has 25 heavy (non-hydrogen) atoms. The molecular weight excluding hydrogens is 316 g/mol. The number of amides is 1. The van der Waals surface area contributed by atoms with Gasteiger partial charge in [-0.05, 0) is 64.1 Å². The Morgan fingerprint density at radius 3 is 2.52 bits per heavy atom. The second kappa shape index (κ2) is 7.40. The summed E-state index contributed by atoms with van der Waals surface area (Å²) < 4.78 is 0. The van der Waals surface area contributed by atoms with E-state index in [1.165, 1.54) is 32.1 Å². The van der Waals surface area contributed by atoms with Crippen LogP contribution < -0.4 is 5.56 Å². The van der Waals surface area contributed by atoms with E-state index in [2.05, 4.69) is 16.8 Å². The molecule has 0 aliphatic carbocycles. The van der Waals surface area contributed by atoms with Crippen molar-refractivity contribution in [3.8, 4) is 6.07 Å². The number of carbonyl (C=O) groups is 1. The van der Waals surface area contributed by atoms with Crippen LogP contribution >= 0.6 is 0 Å². The van der Waals surface area contributed by atoms with E-state index in [0.717, 1.165) is 25.9 Å². The molecule has 6 nitrogen and oxygen atoms in total. The Balaban J connectivity index is 1.66. The number of aromatic nitrogens is 1. The molecule has 0 spiro atoms. The van der Waals surface area contributed by atoms with Gasteiger partial charge in [0.05, 0.1) is 5.56 Å². The van der Waals surface area contributed by atoms with Crippen LogP contribution in [0.4, 0.5) is 0 Å². The minimum atomic E-state index is -0.435.